The van der Waals surface area contributed by atoms with Gasteiger partial charge in [0.1, 0.15) is 5.78 Å². The van der Waals surface area contributed by atoms with Gasteiger partial charge in [-0.15, -0.1) is 0 Å². The molecule has 0 aromatic carbocycles. The van der Waals surface area contributed by atoms with Gasteiger partial charge in [-0.1, -0.05) is 27.7 Å². The van der Waals surface area contributed by atoms with Gasteiger partial charge >= 0.3 is 0 Å². The number of hydrogen-bond donors (Lipinski definition) is 1. The summed E-state index contributed by atoms with van der Waals surface area (Å²) in [7, 11) is 0. The zero-order valence-corrected chi connectivity index (χ0v) is 12.5. The maximum atomic E-state index is 11.7. The van der Waals surface area contributed by atoms with Crippen LogP contribution in [-0.2, 0) is 14.4 Å². The number of Topliss-reactive ketones (excluding diaryl/α,β-unsaturated/α-hetero) is 2. The molecule has 0 fully saturated rings. The van der Waals surface area contributed by atoms with Gasteiger partial charge < -0.3 is 5.32 Å². The summed E-state index contributed by atoms with van der Waals surface area (Å²) in [4.78, 5) is 34.4. The second-order valence-corrected chi connectivity index (χ2v) is 6.35. The first-order chi connectivity index (χ1) is 7.90. The van der Waals surface area contributed by atoms with Crippen LogP contribution >= 0.6 is 0 Å². The van der Waals surface area contributed by atoms with Crippen LogP contribution in [0, 0.1) is 10.8 Å². The predicted molar refractivity (Wildman–Crippen MR) is 71.1 cm³/mol. The lowest BCUT2D eigenvalue weighted by molar-refractivity contribution is -0.131. The summed E-state index contributed by atoms with van der Waals surface area (Å²) < 4.78 is 0. The van der Waals surface area contributed by atoms with Gasteiger partial charge in [0, 0.05) is 12.3 Å². The fourth-order valence-corrected chi connectivity index (χ4v) is 2.42. The van der Waals surface area contributed by atoms with Crippen molar-refractivity contribution in [3.63, 3.8) is 0 Å². The SMILES string of the molecule is CC(=O)NC(C(C)=O)C(C)(C)CC(C)(C)C(C)=O. The lowest BCUT2D eigenvalue weighted by atomic mass is 9.69. The van der Waals surface area contributed by atoms with Crippen LogP contribution in [0.2, 0.25) is 0 Å². The van der Waals surface area contributed by atoms with Crippen molar-refractivity contribution in [1.82, 2.24) is 5.32 Å². The van der Waals surface area contributed by atoms with Gasteiger partial charge in [0.25, 0.3) is 0 Å². The maximum absolute atomic E-state index is 11.7. The van der Waals surface area contributed by atoms with Crippen LogP contribution in [0.5, 0.6) is 0 Å². The van der Waals surface area contributed by atoms with E-state index in [2.05, 4.69) is 5.32 Å². The topological polar surface area (TPSA) is 63.2 Å². The molecule has 4 heteroatoms. The van der Waals surface area contributed by atoms with E-state index in [1.165, 1.54) is 13.8 Å². The van der Waals surface area contributed by atoms with Crippen LogP contribution in [0.1, 0.15) is 54.9 Å². The van der Waals surface area contributed by atoms with Crippen molar-refractivity contribution in [2.75, 3.05) is 0 Å². The van der Waals surface area contributed by atoms with Crippen LogP contribution in [0.25, 0.3) is 0 Å². The Bertz CT molecular complexity index is 356. The van der Waals surface area contributed by atoms with Crippen molar-refractivity contribution in [3.8, 4) is 0 Å². The summed E-state index contributed by atoms with van der Waals surface area (Å²) in [6.07, 6.45) is 0.542. The zero-order valence-electron chi connectivity index (χ0n) is 12.5. The summed E-state index contributed by atoms with van der Waals surface area (Å²) in [5, 5.41) is 2.68. The van der Waals surface area contributed by atoms with Gasteiger partial charge in [-0.2, -0.15) is 0 Å². The van der Waals surface area contributed by atoms with Crippen molar-refractivity contribution in [2.24, 2.45) is 10.8 Å². The highest BCUT2D eigenvalue weighted by atomic mass is 16.2. The highest BCUT2D eigenvalue weighted by Gasteiger charge is 2.39. The first-order valence-corrected chi connectivity index (χ1v) is 6.19. The third-order valence-corrected chi connectivity index (χ3v) is 3.39. The molecule has 1 atom stereocenters. The average molecular weight is 255 g/mol. The monoisotopic (exact) mass is 255 g/mol. The molecule has 0 saturated heterocycles. The lowest BCUT2D eigenvalue weighted by Crippen LogP contribution is -2.50. The standard InChI is InChI=1S/C14H25NO3/c1-9(16)12(15-11(3)18)14(6,7)8-13(4,5)10(2)17/h12H,8H2,1-7H3,(H,15,18). The molecule has 0 spiro atoms. The van der Waals surface area contributed by atoms with Gasteiger partial charge in [-0.25, -0.2) is 0 Å². The van der Waals surface area contributed by atoms with E-state index in [9.17, 15) is 14.4 Å². The molecular weight excluding hydrogens is 230 g/mol. The van der Waals surface area contributed by atoms with E-state index in [0.29, 0.717) is 6.42 Å². The second-order valence-electron chi connectivity index (χ2n) is 6.35. The Hall–Kier alpha value is -1.19. The fraction of sp³-hybridized carbons (Fsp3) is 0.786. The molecule has 4 nitrogen and oxygen atoms in total. The molecule has 0 rings (SSSR count). The molecule has 0 saturated carbocycles. The molecular formula is C14H25NO3. The summed E-state index contributed by atoms with van der Waals surface area (Å²) in [5.74, 6) is -0.237. The van der Waals surface area contributed by atoms with Crippen LogP contribution in [0.3, 0.4) is 0 Å². The highest BCUT2D eigenvalue weighted by molar-refractivity contribution is 5.87. The van der Waals surface area contributed by atoms with E-state index in [1.54, 1.807) is 6.92 Å². The number of hydrogen-bond acceptors (Lipinski definition) is 3. The quantitative estimate of drug-likeness (QED) is 0.790. The van der Waals surface area contributed by atoms with Gasteiger partial charge in [0.05, 0.1) is 6.04 Å². The molecule has 0 heterocycles. The first kappa shape index (κ1) is 16.8. The number of nitrogens with one attached hydrogen (secondary N) is 1. The van der Waals surface area contributed by atoms with E-state index < -0.39 is 16.9 Å². The van der Waals surface area contributed by atoms with Crippen molar-refractivity contribution in [1.29, 1.82) is 0 Å². The molecule has 0 radical (unpaired) electrons. The molecule has 0 aromatic rings. The minimum Gasteiger partial charge on any atom is -0.346 e. The largest absolute Gasteiger partial charge is 0.346 e. The Morgan fingerprint density at radius 2 is 1.44 bits per heavy atom. The van der Waals surface area contributed by atoms with Crippen LogP contribution in [0.4, 0.5) is 0 Å². The number of rotatable bonds is 6. The summed E-state index contributed by atoms with van der Waals surface area (Å²) in [5.41, 5.74) is -0.970. The molecule has 1 N–H and O–H groups in total. The van der Waals surface area contributed by atoms with E-state index in [-0.39, 0.29) is 17.5 Å². The number of ketones is 2. The van der Waals surface area contributed by atoms with Gasteiger partial charge in [0.2, 0.25) is 5.91 Å². The van der Waals surface area contributed by atoms with E-state index in [1.807, 2.05) is 27.7 Å². The van der Waals surface area contributed by atoms with Crippen molar-refractivity contribution < 1.29 is 14.4 Å². The number of amides is 1. The summed E-state index contributed by atoms with van der Waals surface area (Å²) in [6.45, 7) is 11.9. The normalized spacial score (nSPS) is 13.9. The zero-order chi connectivity index (χ0) is 14.7. The Morgan fingerprint density at radius 1 is 1.00 bits per heavy atom. The molecule has 0 aromatic heterocycles. The van der Waals surface area contributed by atoms with Gasteiger partial charge in [-0.05, 0) is 25.7 Å². The van der Waals surface area contributed by atoms with Crippen molar-refractivity contribution in [3.05, 3.63) is 0 Å². The molecule has 18 heavy (non-hydrogen) atoms. The van der Waals surface area contributed by atoms with E-state index >= 15 is 0 Å². The molecule has 1 unspecified atom stereocenters. The average Bonchev–Trinajstić information content (AvgIpc) is 2.11. The third kappa shape index (κ3) is 4.59. The minimum absolute atomic E-state index is 0.0840. The summed E-state index contributed by atoms with van der Waals surface area (Å²) in [6, 6.07) is -0.561. The number of carbonyl (C=O) groups is 3. The Labute approximate surface area is 110 Å². The predicted octanol–water partition coefficient (Wildman–Crippen LogP) is 2.11. The van der Waals surface area contributed by atoms with E-state index in [0.717, 1.165) is 0 Å². The smallest absolute Gasteiger partial charge is 0.217 e. The molecule has 0 aliphatic heterocycles. The molecule has 0 aliphatic carbocycles. The number of carbonyl (C=O) groups excluding carboxylic acids is 3. The highest BCUT2D eigenvalue weighted by Crippen LogP contribution is 2.37. The molecule has 0 bridgehead atoms. The van der Waals surface area contributed by atoms with Gasteiger partial charge in [-0.3, -0.25) is 14.4 Å². The van der Waals surface area contributed by atoms with Crippen LogP contribution in [-0.4, -0.2) is 23.5 Å². The van der Waals surface area contributed by atoms with Crippen LogP contribution in [0.15, 0.2) is 0 Å². The minimum atomic E-state index is -0.561. The second kappa shape index (κ2) is 5.63. The van der Waals surface area contributed by atoms with E-state index in [4.69, 9.17) is 0 Å². The van der Waals surface area contributed by atoms with Crippen molar-refractivity contribution in [2.45, 2.75) is 60.9 Å². The third-order valence-electron chi connectivity index (χ3n) is 3.39. The Morgan fingerprint density at radius 3 is 1.72 bits per heavy atom. The molecule has 104 valence electrons. The van der Waals surface area contributed by atoms with Crippen molar-refractivity contribution >= 4 is 17.5 Å². The molecule has 1 amide bonds. The lowest BCUT2D eigenvalue weighted by Gasteiger charge is -2.38. The fourth-order valence-electron chi connectivity index (χ4n) is 2.42. The Kier molecular flexibility index (Phi) is 5.26. The Balaban J connectivity index is 5.13. The van der Waals surface area contributed by atoms with Gasteiger partial charge in [0.15, 0.2) is 5.78 Å². The van der Waals surface area contributed by atoms with Crippen LogP contribution < -0.4 is 5.32 Å². The molecule has 0 aliphatic rings. The first-order valence-electron chi connectivity index (χ1n) is 6.19. The maximum Gasteiger partial charge on any atom is 0.217 e. The summed E-state index contributed by atoms with van der Waals surface area (Å²) >= 11 is 0.